The molecule has 1 saturated heterocycles. The van der Waals surface area contributed by atoms with Gasteiger partial charge in [-0.25, -0.2) is 0 Å². The van der Waals surface area contributed by atoms with E-state index < -0.39 is 0 Å². The fraction of sp³-hybridized carbons (Fsp3) is 0.923. The van der Waals surface area contributed by atoms with E-state index in [1.165, 1.54) is 6.42 Å². The van der Waals surface area contributed by atoms with Crippen LogP contribution >= 0.6 is 0 Å². The Bertz CT molecular complexity index is 291. The molecule has 0 aromatic heterocycles. The van der Waals surface area contributed by atoms with Gasteiger partial charge in [-0.2, -0.15) is 0 Å². The van der Waals surface area contributed by atoms with Crippen molar-refractivity contribution in [3.8, 4) is 0 Å². The van der Waals surface area contributed by atoms with Gasteiger partial charge in [0, 0.05) is 6.54 Å². The summed E-state index contributed by atoms with van der Waals surface area (Å²) >= 11 is 0. The van der Waals surface area contributed by atoms with Gasteiger partial charge in [0.2, 0.25) is 0 Å². The fourth-order valence-electron chi connectivity index (χ4n) is 3.64. The molecule has 0 N–H and O–H groups in total. The van der Waals surface area contributed by atoms with Gasteiger partial charge in [0.05, 0.1) is 6.04 Å². The zero-order valence-corrected chi connectivity index (χ0v) is 10.6. The van der Waals surface area contributed by atoms with E-state index in [0.29, 0.717) is 16.6 Å². The first kappa shape index (κ1) is 11.1. The van der Waals surface area contributed by atoms with Crippen molar-refractivity contribution in [3.05, 3.63) is 0 Å². The molecule has 1 saturated carbocycles. The van der Waals surface area contributed by atoms with E-state index in [4.69, 9.17) is 0 Å². The number of carbonyl (C=O) groups excluding carboxylic acids is 1. The summed E-state index contributed by atoms with van der Waals surface area (Å²) in [5.74, 6) is 1.16. The van der Waals surface area contributed by atoms with E-state index in [2.05, 4.69) is 32.7 Å². The highest BCUT2D eigenvalue weighted by Gasteiger charge is 2.63. The lowest BCUT2D eigenvalue weighted by Gasteiger charge is -2.21. The molecule has 1 aliphatic carbocycles. The van der Waals surface area contributed by atoms with Crippen LogP contribution in [-0.2, 0) is 4.79 Å². The Balaban J connectivity index is 2.08. The standard InChI is InChI=1S/C13H23NO/c1-9(15)10-6-13(8-14(10)5)7-11(13)12(2,3)4/h10-11H,6-8H2,1-5H3/t10-,11?,13-/m0/s1. The Morgan fingerprint density at radius 2 is 1.93 bits per heavy atom. The Morgan fingerprint density at radius 1 is 1.33 bits per heavy atom. The molecule has 2 rings (SSSR count). The number of carbonyl (C=O) groups is 1. The molecule has 0 amide bonds. The quantitative estimate of drug-likeness (QED) is 0.660. The fourth-order valence-corrected chi connectivity index (χ4v) is 3.64. The molecule has 1 aliphatic heterocycles. The summed E-state index contributed by atoms with van der Waals surface area (Å²) in [5.41, 5.74) is 0.885. The van der Waals surface area contributed by atoms with Gasteiger partial charge in [-0.1, -0.05) is 20.8 Å². The first-order valence-electron chi connectivity index (χ1n) is 5.97. The van der Waals surface area contributed by atoms with Crippen LogP contribution < -0.4 is 0 Å². The topological polar surface area (TPSA) is 20.3 Å². The Hall–Kier alpha value is -0.370. The minimum Gasteiger partial charge on any atom is -0.298 e. The van der Waals surface area contributed by atoms with Crippen LogP contribution in [0.1, 0.15) is 40.5 Å². The third-order valence-corrected chi connectivity index (χ3v) is 4.40. The zero-order chi connectivity index (χ0) is 11.4. The van der Waals surface area contributed by atoms with E-state index in [9.17, 15) is 4.79 Å². The van der Waals surface area contributed by atoms with E-state index in [1.807, 2.05) is 0 Å². The molecule has 0 bridgehead atoms. The predicted octanol–water partition coefficient (Wildman–Crippen LogP) is 2.33. The molecule has 2 nitrogen and oxygen atoms in total. The van der Waals surface area contributed by atoms with Crippen molar-refractivity contribution in [3.63, 3.8) is 0 Å². The second kappa shape index (κ2) is 3.07. The highest BCUT2D eigenvalue weighted by Crippen LogP contribution is 2.66. The molecule has 0 aromatic carbocycles. The molecular formula is C13H23NO. The predicted molar refractivity (Wildman–Crippen MR) is 61.7 cm³/mol. The normalized spacial score (nSPS) is 41.1. The van der Waals surface area contributed by atoms with Gasteiger partial charge >= 0.3 is 0 Å². The Morgan fingerprint density at radius 3 is 2.27 bits per heavy atom. The summed E-state index contributed by atoms with van der Waals surface area (Å²) in [6.45, 7) is 9.84. The summed E-state index contributed by atoms with van der Waals surface area (Å²) in [6.07, 6.45) is 2.42. The van der Waals surface area contributed by atoms with Crippen LogP contribution in [0.5, 0.6) is 0 Å². The number of likely N-dealkylation sites (N-methyl/N-ethyl adjacent to an activating group) is 1. The minimum absolute atomic E-state index is 0.192. The van der Waals surface area contributed by atoms with Gasteiger partial charge in [-0.05, 0) is 43.6 Å². The number of likely N-dealkylation sites (tertiary alicyclic amines) is 1. The highest BCUT2D eigenvalue weighted by molar-refractivity contribution is 5.82. The van der Waals surface area contributed by atoms with Crippen molar-refractivity contribution >= 4 is 5.78 Å². The second-order valence-corrected chi connectivity index (χ2v) is 6.73. The first-order valence-corrected chi connectivity index (χ1v) is 5.97. The molecule has 2 fully saturated rings. The summed E-state index contributed by atoms with van der Waals surface area (Å²) in [7, 11) is 2.10. The van der Waals surface area contributed by atoms with E-state index in [1.54, 1.807) is 6.92 Å². The van der Waals surface area contributed by atoms with Gasteiger partial charge in [0.15, 0.2) is 0 Å². The molecule has 1 spiro atoms. The summed E-state index contributed by atoms with van der Waals surface area (Å²) in [6, 6.07) is 0.192. The van der Waals surface area contributed by atoms with Crippen LogP contribution in [0, 0.1) is 16.7 Å². The average molecular weight is 209 g/mol. The smallest absolute Gasteiger partial charge is 0.146 e. The zero-order valence-electron chi connectivity index (χ0n) is 10.6. The monoisotopic (exact) mass is 209 g/mol. The maximum Gasteiger partial charge on any atom is 0.146 e. The number of ketones is 1. The molecule has 1 unspecified atom stereocenters. The van der Waals surface area contributed by atoms with Crippen molar-refractivity contribution in [2.24, 2.45) is 16.7 Å². The molecule has 0 radical (unpaired) electrons. The first-order chi connectivity index (χ1) is 6.76. The third-order valence-electron chi connectivity index (χ3n) is 4.40. The summed E-state index contributed by atoms with van der Waals surface area (Å²) in [4.78, 5) is 13.7. The number of Topliss-reactive ketones (excluding diaryl/α,β-unsaturated/α-hetero) is 1. The van der Waals surface area contributed by atoms with Crippen LogP contribution in [0.15, 0.2) is 0 Å². The molecule has 1 heterocycles. The molecule has 2 aliphatic rings. The van der Waals surface area contributed by atoms with Crippen LogP contribution in [0.3, 0.4) is 0 Å². The van der Waals surface area contributed by atoms with Gasteiger partial charge in [0.25, 0.3) is 0 Å². The lowest BCUT2D eigenvalue weighted by molar-refractivity contribution is -0.120. The van der Waals surface area contributed by atoms with Crippen molar-refractivity contribution < 1.29 is 4.79 Å². The number of hydrogen-bond acceptors (Lipinski definition) is 2. The van der Waals surface area contributed by atoms with Gasteiger partial charge in [-0.15, -0.1) is 0 Å². The lowest BCUT2D eigenvalue weighted by atomic mass is 9.83. The van der Waals surface area contributed by atoms with E-state index >= 15 is 0 Å². The van der Waals surface area contributed by atoms with Crippen molar-refractivity contribution in [2.45, 2.75) is 46.6 Å². The Labute approximate surface area is 93.0 Å². The number of rotatable bonds is 1. The van der Waals surface area contributed by atoms with E-state index in [-0.39, 0.29) is 6.04 Å². The average Bonchev–Trinajstić information content (AvgIpc) is 2.63. The van der Waals surface area contributed by atoms with Crippen LogP contribution in [0.4, 0.5) is 0 Å². The van der Waals surface area contributed by atoms with Crippen molar-refractivity contribution in [1.82, 2.24) is 4.90 Å². The summed E-state index contributed by atoms with van der Waals surface area (Å²) < 4.78 is 0. The highest BCUT2D eigenvalue weighted by atomic mass is 16.1. The molecule has 86 valence electrons. The maximum absolute atomic E-state index is 11.5. The molecule has 0 aromatic rings. The molecule has 3 atom stereocenters. The minimum atomic E-state index is 0.192. The van der Waals surface area contributed by atoms with Crippen molar-refractivity contribution in [2.75, 3.05) is 13.6 Å². The van der Waals surface area contributed by atoms with Crippen LogP contribution in [0.2, 0.25) is 0 Å². The third kappa shape index (κ3) is 1.73. The summed E-state index contributed by atoms with van der Waals surface area (Å²) in [5, 5.41) is 0. The van der Waals surface area contributed by atoms with Gasteiger partial charge in [-0.3, -0.25) is 9.69 Å². The van der Waals surface area contributed by atoms with Crippen LogP contribution in [0.25, 0.3) is 0 Å². The maximum atomic E-state index is 11.5. The number of hydrogen-bond donors (Lipinski definition) is 0. The SMILES string of the molecule is CC(=O)[C@@H]1C[C@]2(CC2C(C)(C)C)CN1C. The molecular weight excluding hydrogens is 186 g/mol. The van der Waals surface area contributed by atoms with Crippen molar-refractivity contribution in [1.29, 1.82) is 0 Å². The Kier molecular flexibility index (Phi) is 2.27. The largest absolute Gasteiger partial charge is 0.298 e. The second-order valence-electron chi connectivity index (χ2n) is 6.73. The lowest BCUT2D eigenvalue weighted by Crippen LogP contribution is -2.30. The molecule has 2 heteroatoms. The van der Waals surface area contributed by atoms with Gasteiger partial charge < -0.3 is 0 Å². The number of nitrogens with zero attached hydrogens (tertiary/aromatic N) is 1. The molecule has 15 heavy (non-hydrogen) atoms. The van der Waals surface area contributed by atoms with E-state index in [0.717, 1.165) is 18.9 Å². The van der Waals surface area contributed by atoms with Crippen LogP contribution in [-0.4, -0.2) is 30.3 Å². The van der Waals surface area contributed by atoms with Gasteiger partial charge in [0.1, 0.15) is 5.78 Å².